The molecule has 0 bridgehead atoms. The molecule has 0 radical (unpaired) electrons. The number of pyridine rings is 1. The fourth-order valence-corrected chi connectivity index (χ4v) is 2.21. The summed E-state index contributed by atoms with van der Waals surface area (Å²) in [5, 5.41) is 18.4. The van der Waals surface area contributed by atoms with E-state index in [4.69, 9.17) is 10.4 Å². The van der Waals surface area contributed by atoms with Crippen LogP contribution in [0.15, 0.2) is 35.9 Å². The maximum atomic E-state index is 11.0. The van der Waals surface area contributed by atoms with E-state index in [1.54, 1.807) is 18.3 Å². The molecule has 0 saturated carbocycles. The van der Waals surface area contributed by atoms with E-state index in [9.17, 15) is 4.79 Å². The molecule has 0 saturated heterocycles. The molecule has 7 heteroatoms. The number of hydrogen-bond donors (Lipinski definition) is 1. The van der Waals surface area contributed by atoms with Gasteiger partial charge < -0.3 is 5.11 Å². The van der Waals surface area contributed by atoms with Crippen molar-refractivity contribution in [3.05, 3.63) is 47.7 Å². The Labute approximate surface area is 113 Å². The van der Waals surface area contributed by atoms with Crippen molar-refractivity contribution in [3.63, 3.8) is 0 Å². The summed E-state index contributed by atoms with van der Waals surface area (Å²) in [6.07, 6.45) is 4.12. The lowest BCUT2D eigenvalue weighted by molar-refractivity contribution is 0.0695. The van der Waals surface area contributed by atoms with Gasteiger partial charge in [-0.05, 0) is 12.1 Å². The molecule has 6 nitrogen and oxygen atoms in total. The van der Waals surface area contributed by atoms with Crippen LogP contribution in [-0.4, -0.2) is 26.0 Å². The summed E-state index contributed by atoms with van der Waals surface area (Å²) in [5.41, 5.74) is 1.02. The predicted octanol–water partition coefficient (Wildman–Crippen LogP) is 1.73. The Hall–Kier alpha value is -2.46. The van der Waals surface area contributed by atoms with Gasteiger partial charge in [-0.3, -0.25) is 0 Å². The van der Waals surface area contributed by atoms with Crippen LogP contribution in [0.5, 0.6) is 0 Å². The highest BCUT2D eigenvalue weighted by molar-refractivity contribution is 7.98. The number of carboxylic acid groups (broad SMARTS) is 1. The molecule has 94 valence electrons. The van der Waals surface area contributed by atoms with E-state index in [2.05, 4.69) is 15.0 Å². The number of carboxylic acids is 1. The molecule has 0 aliphatic heterocycles. The van der Waals surface area contributed by atoms with E-state index in [1.165, 1.54) is 24.3 Å². The van der Waals surface area contributed by atoms with Crippen LogP contribution in [0.1, 0.15) is 21.6 Å². The Bertz CT molecular complexity index is 654. The second kappa shape index (κ2) is 5.93. The van der Waals surface area contributed by atoms with Crippen molar-refractivity contribution in [2.45, 2.75) is 10.8 Å². The molecule has 2 aromatic heterocycles. The van der Waals surface area contributed by atoms with Crippen LogP contribution >= 0.6 is 11.8 Å². The SMILES string of the molecule is N#Cc1ccnc(SCc2ncncc2C(=O)O)c1. The Morgan fingerprint density at radius 1 is 1.47 bits per heavy atom. The minimum absolute atomic E-state index is 0.0754. The van der Waals surface area contributed by atoms with Crippen molar-refractivity contribution in [2.24, 2.45) is 0 Å². The fourth-order valence-electron chi connectivity index (χ4n) is 1.35. The minimum atomic E-state index is -1.06. The van der Waals surface area contributed by atoms with E-state index in [1.807, 2.05) is 6.07 Å². The van der Waals surface area contributed by atoms with Gasteiger partial charge in [0.15, 0.2) is 0 Å². The summed E-state index contributed by atoms with van der Waals surface area (Å²) in [6, 6.07) is 5.28. The highest BCUT2D eigenvalue weighted by Gasteiger charge is 2.11. The Morgan fingerprint density at radius 2 is 2.32 bits per heavy atom. The monoisotopic (exact) mass is 272 g/mol. The molecule has 0 unspecified atom stereocenters. The molecule has 0 aliphatic rings. The third kappa shape index (κ3) is 3.26. The highest BCUT2D eigenvalue weighted by atomic mass is 32.2. The zero-order valence-corrected chi connectivity index (χ0v) is 10.5. The molecular weight excluding hydrogens is 264 g/mol. The summed E-state index contributed by atoms with van der Waals surface area (Å²) in [5.74, 6) is -0.707. The molecule has 1 N–H and O–H groups in total. The number of nitriles is 1. The summed E-state index contributed by atoms with van der Waals surface area (Å²) in [7, 11) is 0. The largest absolute Gasteiger partial charge is 0.478 e. The number of hydrogen-bond acceptors (Lipinski definition) is 6. The van der Waals surface area contributed by atoms with Crippen molar-refractivity contribution < 1.29 is 9.90 Å². The molecule has 19 heavy (non-hydrogen) atoms. The second-order valence-corrected chi connectivity index (χ2v) is 4.47. The molecule has 0 amide bonds. The van der Waals surface area contributed by atoms with E-state index >= 15 is 0 Å². The molecule has 2 rings (SSSR count). The normalized spacial score (nSPS) is 9.84. The van der Waals surface area contributed by atoms with Gasteiger partial charge in [-0.2, -0.15) is 5.26 Å². The number of carbonyl (C=O) groups is 1. The van der Waals surface area contributed by atoms with Gasteiger partial charge in [0.25, 0.3) is 0 Å². The van der Waals surface area contributed by atoms with Crippen LogP contribution in [0.3, 0.4) is 0 Å². The van der Waals surface area contributed by atoms with Crippen LogP contribution < -0.4 is 0 Å². The van der Waals surface area contributed by atoms with Crippen LogP contribution in [0.4, 0.5) is 0 Å². The summed E-state index contributed by atoms with van der Waals surface area (Å²) >= 11 is 1.32. The smallest absolute Gasteiger partial charge is 0.339 e. The van der Waals surface area contributed by atoms with E-state index in [0.29, 0.717) is 22.0 Å². The van der Waals surface area contributed by atoms with Crippen LogP contribution in [0.25, 0.3) is 0 Å². The average Bonchev–Trinajstić information content (AvgIpc) is 2.45. The topological polar surface area (TPSA) is 99.8 Å². The molecule has 0 atom stereocenters. The third-order valence-electron chi connectivity index (χ3n) is 2.25. The zero-order valence-electron chi connectivity index (χ0n) is 9.65. The quantitative estimate of drug-likeness (QED) is 0.846. The Morgan fingerprint density at radius 3 is 3.05 bits per heavy atom. The lowest BCUT2D eigenvalue weighted by atomic mass is 10.2. The molecule has 0 spiro atoms. The van der Waals surface area contributed by atoms with Crippen LogP contribution in [0, 0.1) is 11.3 Å². The molecule has 2 heterocycles. The first-order valence-electron chi connectivity index (χ1n) is 5.22. The molecule has 0 fully saturated rings. The van der Waals surface area contributed by atoms with Crippen molar-refractivity contribution in [3.8, 4) is 6.07 Å². The number of nitrogens with zero attached hydrogens (tertiary/aromatic N) is 4. The Balaban J connectivity index is 2.15. The maximum absolute atomic E-state index is 11.0. The summed E-state index contributed by atoms with van der Waals surface area (Å²) < 4.78 is 0. The van der Waals surface area contributed by atoms with Crippen LogP contribution in [-0.2, 0) is 5.75 Å². The summed E-state index contributed by atoms with van der Waals surface area (Å²) in [4.78, 5) is 22.7. The lowest BCUT2D eigenvalue weighted by Gasteiger charge is -2.03. The van der Waals surface area contributed by atoms with Gasteiger partial charge in [-0.15, -0.1) is 0 Å². The zero-order chi connectivity index (χ0) is 13.7. The van der Waals surface area contributed by atoms with Gasteiger partial charge in [-0.1, -0.05) is 11.8 Å². The van der Waals surface area contributed by atoms with Crippen molar-refractivity contribution in [1.29, 1.82) is 5.26 Å². The first kappa shape index (κ1) is 13.0. The van der Waals surface area contributed by atoms with Gasteiger partial charge in [-0.25, -0.2) is 19.7 Å². The standard InChI is InChI=1S/C12H8N4O2S/c13-4-8-1-2-15-11(3-8)19-6-10-9(12(17)18)5-14-7-16-10/h1-3,5,7H,6H2,(H,17,18). The fraction of sp³-hybridized carbons (Fsp3) is 0.0833. The molecular formula is C12H8N4O2S. The lowest BCUT2D eigenvalue weighted by Crippen LogP contribution is -2.04. The highest BCUT2D eigenvalue weighted by Crippen LogP contribution is 2.21. The maximum Gasteiger partial charge on any atom is 0.339 e. The average molecular weight is 272 g/mol. The third-order valence-corrected chi connectivity index (χ3v) is 3.18. The first-order chi connectivity index (χ1) is 9.20. The van der Waals surface area contributed by atoms with Gasteiger partial charge >= 0.3 is 5.97 Å². The molecule has 0 aliphatic carbocycles. The first-order valence-corrected chi connectivity index (χ1v) is 6.20. The van der Waals surface area contributed by atoms with Crippen molar-refractivity contribution in [2.75, 3.05) is 0 Å². The van der Waals surface area contributed by atoms with E-state index < -0.39 is 5.97 Å². The van der Waals surface area contributed by atoms with E-state index in [-0.39, 0.29) is 5.56 Å². The van der Waals surface area contributed by atoms with Gasteiger partial charge in [0, 0.05) is 18.1 Å². The predicted molar refractivity (Wildman–Crippen MR) is 67.5 cm³/mol. The Kier molecular flexibility index (Phi) is 4.05. The van der Waals surface area contributed by atoms with Crippen molar-refractivity contribution in [1.82, 2.24) is 15.0 Å². The van der Waals surface area contributed by atoms with Crippen LogP contribution in [0.2, 0.25) is 0 Å². The number of aromatic nitrogens is 3. The molecule has 2 aromatic rings. The van der Waals surface area contributed by atoms with Gasteiger partial charge in [0.2, 0.25) is 0 Å². The van der Waals surface area contributed by atoms with E-state index in [0.717, 1.165) is 0 Å². The number of thioether (sulfide) groups is 1. The minimum Gasteiger partial charge on any atom is -0.478 e. The molecule has 0 aromatic carbocycles. The van der Waals surface area contributed by atoms with Gasteiger partial charge in [0.05, 0.1) is 22.4 Å². The number of aromatic carboxylic acids is 1. The summed E-state index contributed by atoms with van der Waals surface area (Å²) in [6.45, 7) is 0. The van der Waals surface area contributed by atoms with Gasteiger partial charge in [0.1, 0.15) is 11.9 Å². The number of rotatable bonds is 4. The van der Waals surface area contributed by atoms with Crippen molar-refractivity contribution >= 4 is 17.7 Å². The second-order valence-electron chi connectivity index (χ2n) is 3.47.